The minimum Gasteiger partial charge on any atom is -0.457 e. The molecule has 220 valence electrons. The average molecular weight is 587 g/mol. The molecule has 1 aromatic heterocycles. The van der Waals surface area contributed by atoms with Gasteiger partial charge in [0.15, 0.2) is 12.4 Å². The highest BCUT2D eigenvalue weighted by atomic mass is 16.6. The lowest BCUT2D eigenvalue weighted by Crippen LogP contribution is -2.15. The standard InChI is InChI=1S/C36H30N2O6/c39-35(27-14-18-29(19-15-27)44-30-20-16-28(17-21-30)38(41)42)23-43-36(40)32-22-34(37-33-9-5-4-8-31(32)33)26-12-10-25(11-13-26)24-6-2-1-3-7-24/h4-5,8-22,24H,1-3,6-7,23H2. The van der Waals surface area contributed by atoms with E-state index in [2.05, 4.69) is 24.3 Å². The topological polar surface area (TPSA) is 109 Å². The van der Waals surface area contributed by atoms with Crippen molar-refractivity contribution < 1.29 is 24.0 Å². The molecule has 0 aliphatic heterocycles. The Morgan fingerprint density at radius 2 is 1.48 bits per heavy atom. The molecule has 44 heavy (non-hydrogen) atoms. The van der Waals surface area contributed by atoms with E-state index in [1.807, 2.05) is 24.3 Å². The van der Waals surface area contributed by atoms with Crippen LogP contribution in [0.1, 0.15) is 64.3 Å². The second-order valence-electron chi connectivity index (χ2n) is 10.9. The maximum absolute atomic E-state index is 13.3. The third kappa shape index (κ3) is 6.49. The molecule has 0 saturated heterocycles. The van der Waals surface area contributed by atoms with Gasteiger partial charge in [0.1, 0.15) is 11.5 Å². The second kappa shape index (κ2) is 12.9. The van der Waals surface area contributed by atoms with Crippen LogP contribution in [-0.2, 0) is 4.74 Å². The van der Waals surface area contributed by atoms with Crippen LogP contribution in [0.5, 0.6) is 11.5 Å². The van der Waals surface area contributed by atoms with Crippen LogP contribution in [-0.4, -0.2) is 28.3 Å². The number of non-ortho nitro benzene ring substituents is 1. The van der Waals surface area contributed by atoms with Crippen LogP contribution in [0.15, 0.2) is 103 Å². The quantitative estimate of drug-likeness (QED) is 0.0735. The Morgan fingerprint density at radius 3 is 2.16 bits per heavy atom. The molecule has 4 aromatic carbocycles. The van der Waals surface area contributed by atoms with Crippen molar-refractivity contribution in [2.75, 3.05) is 6.61 Å². The fourth-order valence-corrected chi connectivity index (χ4v) is 5.63. The molecule has 1 saturated carbocycles. The highest BCUT2D eigenvalue weighted by Crippen LogP contribution is 2.34. The molecule has 8 heteroatoms. The van der Waals surface area contributed by atoms with Gasteiger partial charge in [-0.3, -0.25) is 14.9 Å². The Labute approximate surface area is 254 Å². The Hall–Kier alpha value is -5.37. The maximum atomic E-state index is 13.3. The summed E-state index contributed by atoms with van der Waals surface area (Å²) in [4.78, 5) is 41.3. The monoisotopic (exact) mass is 586 g/mol. The number of ether oxygens (including phenoxy) is 2. The third-order valence-electron chi connectivity index (χ3n) is 8.01. The van der Waals surface area contributed by atoms with Crippen LogP contribution in [0.25, 0.3) is 22.2 Å². The smallest absolute Gasteiger partial charge is 0.339 e. The van der Waals surface area contributed by atoms with Gasteiger partial charge in [-0.05, 0) is 72.9 Å². The van der Waals surface area contributed by atoms with E-state index in [9.17, 15) is 19.7 Å². The number of pyridine rings is 1. The molecule has 0 atom stereocenters. The number of nitrogens with zero attached hydrogens (tertiary/aromatic N) is 2. The highest BCUT2D eigenvalue weighted by molar-refractivity contribution is 6.06. The first-order chi connectivity index (χ1) is 21.4. The van der Waals surface area contributed by atoms with Crippen molar-refractivity contribution in [1.29, 1.82) is 0 Å². The zero-order valence-corrected chi connectivity index (χ0v) is 24.0. The number of Topliss-reactive ketones (excluding diaryl/α,β-unsaturated/α-hetero) is 1. The number of aromatic nitrogens is 1. The summed E-state index contributed by atoms with van der Waals surface area (Å²) >= 11 is 0. The molecule has 0 spiro atoms. The van der Waals surface area contributed by atoms with Gasteiger partial charge in [0.05, 0.1) is 21.7 Å². The molecular formula is C36H30N2O6. The number of hydrogen-bond acceptors (Lipinski definition) is 7. The molecule has 1 aliphatic rings. The van der Waals surface area contributed by atoms with Crippen LogP contribution in [0.4, 0.5) is 5.69 Å². The number of esters is 1. The molecule has 6 rings (SSSR count). The molecule has 0 N–H and O–H groups in total. The number of benzene rings is 4. The summed E-state index contributed by atoms with van der Waals surface area (Å²) in [6.07, 6.45) is 6.31. The SMILES string of the molecule is O=C(COC(=O)c1cc(-c2ccc(C3CCCCC3)cc2)nc2ccccc12)c1ccc(Oc2ccc([N+](=O)[O-])cc2)cc1. The van der Waals surface area contributed by atoms with Gasteiger partial charge in [-0.1, -0.05) is 61.7 Å². The van der Waals surface area contributed by atoms with Crippen LogP contribution >= 0.6 is 0 Å². The van der Waals surface area contributed by atoms with Crippen LogP contribution < -0.4 is 4.74 Å². The Kier molecular flexibility index (Phi) is 8.41. The number of carbonyl (C=O) groups excluding carboxylic acids is 2. The first-order valence-corrected chi connectivity index (χ1v) is 14.7. The van der Waals surface area contributed by atoms with Gasteiger partial charge in [0.25, 0.3) is 5.69 Å². The van der Waals surface area contributed by atoms with E-state index in [-0.39, 0.29) is 11.5 Å². The molecule has 5 aromatic rings. The lowest BCUT2D eigenvalue weighted by Gasteiger charge is -2.22. The summed E-state index contributed by atoms with van der Waals surface area (Å²) in [6.45, 7) is -0.427. The molecule has 1 heterocycles. The zero-order chi connectivity index (χ0) is 30.5. The molecule has 0 radical (unpaired) electrons. The van der Waals surface area contributed by atoms with Gasteiger partial charge in [-0.2, -0.15) is 0 Å². The van der Waals surface area contributed by atoms with Gasteiger partial charge in [-0.25, -0.2) is 9.78 Å². The lowest BCUT2D eigenvalue weighted by molar-refractivity contribution is -0.384. The molecular weight excluding hydrogens is 556 g/mol. The minimum atomic E-state index is -0.602. The van der Waals surface area contributed by atoms with Gasteiger partial charge in [-0.15, -0.1) is 0 Å². The summed E-state index contributed by atoms with van der Waals surface area (Å²) < 4.78 is 11.2. The number of para-hydroxylation sites is 1. The number of ketones is 1. The van der Waals surface area contributed by atoms with Crippen molar-refractivity contribution in [1.82, 2.24) is 4.98 Å². The summed E-state index contributed by atoms with van der Waals surface area (Å²) in [6, 6.07) is 29.7. The van der Waals surface area contributed by atoms with Gasteiger partial charge >= 0.3 is 5.97 Å². The summed E-state index contributed by atoms with van der Waals surface area (Å²) in [5.41, 5.74) is 4.26. The van der Waals surface area contributed by atoms with Crippen molar-refractivity contribution in [2.24, 2.45) is 0 Å². The maximum Gasteiger partial charge on any atom is 0.339 e. The van der Waals surface area contributed by atoms with E-state index in [0.717, 1.165) is 5.56 Å². The van der Waals surface area contributed by atoms with Crippen LogP contribution in [0.3, 0.4) is 0 Å². The first-order valence-electron chi connectivity index (χ1n) is 14.7. The highest BCUT2D eigenvalue weighted by Gasteiger charge is 2.19. The van der Waals surface area contributed by atoms with E-state index in [0.29, 0.717) is 45.1 Å². The van der Waals surface area contributed by atoms with E-state index < -0.39 is 17.5 Å². The fourth-order valence-electron chi connectivity index (χ4n) is 5.63. The molecule has 0 bridgehead atoms. The lowest BCUT2D eigenvalue weighted by atomic mass is 9.84. The summed E-state index contributed by atoms with van der Waals surface area (Å²) in [7, 11) is 0. The van der Waals surface area contributed by atoms with E-state index in [1.165, 1.54) is 61.9 Å². The number of rotatable bonds is 9. The average Bonchev–Trinajstić information content (AvgIpc) is 3.07. The number of carbonyl (C=O) groups is 2. The van der Waals surface area contributed by atoms with Crippen molar-refractivity contribution in [3.63, 3.8) is 0 Å². The van der Waals surface area contributed by atoms with E-state index >= 15 is 0 Å². The van der Waals surface area contributed by atoms with Crippen LogP contribution in [0, 0.1) is 10.1 Å². The normalized spacial score (nSPS) is 13.4. The van der Waals surface area contributed by atoms with Crippen molar-refractivity contribution in [2.45, 2.75) is 38.0 Å². The molecule has 1 aliphatic carbocycles. The molecule has 0 unspecified atom stereocenters. The number of fused-ring (bicyclic) bond motifs is 1. The first kappa shape index (κ1) is 28.7. The minimum absolute atomic E-state index is 0.0349. The molecule has 8 nitrogen and oxygen atoms in total. The predicted octanol–water partition coefficient (Wildman–Crippen LogP) is 8.69. The Morgan fingerprint density at radius 1 is 0.818 bits per heavy atom. The second-order valence-corrected chi connectivity index (χ2v) is 10.9. The van der Waals surface area contributed by atoms with Crippen molar-refractivity contribution >= 4 is 28.3 Å². The van der Waals surface area contributed by atoms with Crippen LogP contribution in [0.2, 0.25) is 0 Å². The van der Waals surface area contributed by atoms with Gasteiger partial charge in [0.2, 0.25) is 0 Å². The number of hydrogen-bond donors (Lipinski definition) is 0. The fraction of sp³-hybridized carbons (Fsp3) is 0.194. The van der Waals surface area contributed by atoms with Crippen molar-refractivity contribution in [3.05, 3.63) is 130 Å². The Bertz CT molecular complexity index is 1810. The number of nitro groups is 1. The molecule has 1 fully saturated rings. The summed E-state index contributed by atoms with van der Waals surface area (Å²) in [5, 5.41) is 11.5. The zero-order valence-electron chi connectivity index (χ0n) is 24.0. The Balaban J connectivity index is 1.14. The predicted molar refractivity (Wildman–Crippen MR) is 167 cm³/mol. The van der Waals surface area contributed by atoms with Gasteiger partial charge < -0.3 is 9.47 Å². The van der Waals surface area contributed by atoms with E-state index in [4.69, 9.17) is 14.5 Å². The molecule has 0 amide bonds. The number of nitro benzene ring substituents is 1. The largest absolute Gasteiger partial charge is 0.457 e. The van der Waals surface area contributed by atoms with E-state index in [1.54, 1.807) is 30.3 Å². The third-order valence-corrected chi connectivity index (χ3v) is 8.01. The summed E-state index contributed by atoms with van der Waals surface area (Å²) in [5.74, 6) is 0.513. The van der Waals surface area contributed by atoms with Crippen molar-refractivity contribution in [3.8, 4) is 22.8 Å². The van der Waals surface area contributed by atoms with Gasteiger partial charge in [0, 0.05) is 28.6 Å².